The van der Waals surface area contributed by atoms with E-state index in [2.05, 4.69) is 22.3 Å². The molecular weight excluding hydrogens is 392 g/mol. The van der Waals surface area contributed by atoms with E-state index in [0.29, 0.717) is 36.3 Å². The highest BCUT2D eigenvalue weighted by molar-refractivity contribution is 6.03. The zero-order chi connectivity index (χ0) is 22.2. The van der Waals surface area contributed by atoms with Gasteiger partial charge < -0.3 is 14.8 Å². The number of likely N-dealkylation sites (tertiary alicyclic amines) is 1. The van der Waals surface area contributed by atoms with Crippen molar-refractivity contribution in [3.8, 4) is 0 Å². The van der Waals surface area contributed by atoms with Crippen molar-refractivity contribution in [2.45, 2.75) is 65.6 Å². The number of aliphatic hydroxyl groups excluding tert-OH is 1. The SMILES string of the molecule is Cc1c(C(=O)NCc2ccc(CN3CCC(O)CC3)cc2)oc2c1C(=O)CC(C)(C)C2. The minimum absolute atomic E-state index is 0.0605. The van der Waals surface area contributed by atoms with Gasteiger partial charge in [0.05, 0.1) is 11.7 Å². The predicted octanol–water partition coefficient (Wildman–Crippen LogP) is 3.63. The molecule has 0 bridgehead atoms. The van der Waals surface area contributed by atoms with E-state index in [1.54, 1.807) is 6.92 Å². The van der Waals surface area contributed by atoms with Crippen LogP contribution in [0.2, 0.25) is 0 Å². The number of hydrogen-bond donors (Lipinski definition) is 2. The van der Waals surface area contributed by atoms with Gasteiger partial charge in [0.25, 0.3) is 5.91 Å². The first-order chi connectivity index (χ1) is 14.7. The molecule has 0 spiro atoms. The van der Waals surface area contributed by atoms with E-state index in [0.717, 1.165) is 38.0 Å². The summed E-state index contributed by atoms with van der Waals surface area (Å²) in [5.41, 5.74) is 3.34. The third-order valence-corrected chi connectivity index (χ3v) is 6.42. The number of carbonyl (C=O) groups is 2. The molecule has 2 heterocycles. The molecule has 1 aromatic carbocycles. The van der Waals surface area contributed by atoms with Gasteiger partial charge in [0.2, 0.25) is 0 Å². The Morgan fingerprint density at radius 3 is 2.48 bits per heavy atom. The van der Waals surface area contributed by atoms with Gasteiger partial charge in [-0.2, -0.15) is 0 Å². The summed E-state index contributed by atoms with van der Waals surface area (Å²) in [6.45, 7) is 9.01. The number of fused-ring (bicyclic) bond motifs is 1. The van der Waals surface area contributed by atoms with Crippen LogP contribution in [-0.2, 0) is 19.5 Å². The summed E-state index contributed by atoms with van der Waals surface area (Å²) in [5, 5.41) is 12.6. The third kappa shape index (κ3) is 4.91. The second-order valence-corrected chi connectivity index (χ2v) is 9.80. The first-order valence-corrected chi connectivity index (χ1v) is 11.1. The van der Waals surface area contributed by atoms with Gasteiger partial charge in [-0.1, -0.05) is 38.1 Å². The van der Waals surface area contributed by atoms with Crippen LogP contribution in [0.15, 0.2) is 28.7 Å². The fraction of sp³-hybridized carbons (Fsp3) is 0.520. The number of ketones is 1. The molecule has 2 N–H and O–H groups in total. The van der Waals surface area contributed by atoms with Gasteiger partial charge in [-0.05, 0) is 36.3 Å². The largest absolute Gasteiger partial charge is 0.455 e. The maximum absolute atomic E-state index is 12.7. The molecule has 1 aliphatic carbocycles. The van der Waals surface area contributed by atoms with Gasteiger partial charge >= 0.3 is 0 Å². The summed E-state index contributed by atoms with van der Waals surface area (Å²) in [6.07, 6.45) is 2.66. The van der Waals surface area contributed by atoms with E-state index in [9.17, 15) is 14.7 Å². The summed E-state index contributed by atoms with van der Waals surface area (Å²) in [4.78, 5) is 27.6. The number of Topliss-reactive ketones (excluding diaryl/α,β-unsaturated/α-hetero) is 1. The number of benzene rings is 1. The lowest BCUT2D eigenvalue weighted by Gasteiger charge is -2.29. The summed E-state index contributed by atoms with van der Waals surface area (Å²) in [7, 11) is 0. The Balaban J connectivity index is 1.36. The number of furan rings is 1. The molecule has 0 atom stereocenters. The number of nitrogens with one attached hydrogen (secondary N) is 1. The number of nitrogens with zero attached hydrogens (tertiary/aromatic N) is 1. The molecule has 0 radical (unpaired) electrons. The molecule has 6 nitrogen and oxygen atoms in total. The normalized spacial score (nSPS) is 19.3. The lowest BCUT2D eigenvalue weighted by Crippen LogP contribution is -2.35. The Morgan fingerprint density at radius 1 is 1.16 bits per heavy atom. The van der Waals surface area contributed by atoms with Crippen molar-refractivity contribution in [3.63, 3.8) is 0 Å². The maximum atomic E-state index is 12.7. The van der Waals surface area contributed by atoms with Crippen molar-refractivity contribution in [1.82, 2.24) is 10.2 Å². The van der Waals surface area contributed by atoms with Gasteiger partial charge in [-0.25, -0.2) is 0 Å². The first-order valence-electron chi connectivity index (χ1n) is 11.1. The summed E-state index contributed by atoms with van der Waals surface area (Å²) in [5.74, 6) is 0.664. The van der Waals surface area contributed by atoms with Crippen LogP contribution in [0.1, 0.15) is 76.5 Å². The van der Waals surface area contributed by atoms with Gasteiger partial charge in [-0.3, -0.25) is 14.5 Å². The predicted molar refractivity (Wildman–Crippen MR) is 118 cm³/mol. The van der Waals surface area contributed by atoms with Crippen molar-refractivity contribution in [2.75, 3.05) is 13.1 Å². The van der Waals surface area contributed by atoms with Crippen LogP contribution >= 0.6 is 0 Å². The average molecular weight is 425 g/mol. The monoisotopic (exact) mass is 424 g/mol. The zero-order valence-electron chi connectivity index (χ0n) is 18.7. The Morgan fingerprint density at radius 2 is 1.81 bits per heavy atom. The molecule has 1 aromatic heterocycles. The Bertz CT molecular complexity index is 966. The van der Waals surface area contributed by atoms with Crippen LogP contribution in [-0.4, -0.2) is 40.9 Å². The molecule has 1 amide bonds. The van der Waals surface area contributed by atoms with Gasteiger partial charge in [0.1, 0.15) is 5.76 Å². The standard InChI is InChI=1S/C25H32N2O4/c1-16-22-20(29)12-25(2,3)13-21(22)31-23(16)24(30)26-14-17-4-6-18(7-5-17)15-27-10-8-19(28)9-11-27/h4-7,19,28H,8-15H2,1-3H3,(H,26,30). The van der Waals surface area contributed by atoms with Gasteiger partial charge in [0, 0.05) is 44.6 Å². The van der Waals surface area contributed by atoms with Crippen LogP contribution < -0.4 is 5.32 Å². The lowest BCUT2D eigenvalue weighted by molar-refractivity contribution is 0.0792. The lowest BCUT2D eigenvalue weighted by atomic mass is 9.76. The minimum atomic E-state index is -0.284. The highest BCUT2D eigenvalue weighted by Crippen LogP contribution is 2.38. The van der Waals surface area contributed by atoms with Crippen LogP contribution in [0.5, 0.6) is 0 Å². The molecule has 4 rings (SSSR count). The Hall–Kier alpha value is -2.44. The van der Waals surface area contributed by atoms with Crippen molar-refractivity contribution in [2.24, 2.45) is 5.41 Å². The maximum Gasteiger partial charge on any atom is 0.287 e. The summed E-state index contributed by atoms with van der Waals surface area (Å²) in [6, 6.07) is 8.23. The highest BCUT2D eigenvalue weighted by atomic mass is 16.4. The Labute approximate surface area is 183 Å². The fourth-order valence-electron chi connectivity index (χ4n) is 4.66. The second-order valence-electron chi connectivity index (χ2n) is 9.80. The Kier molecular flexibility index (Phi) is 6.04. The van der Waals surface area contributed by atoms with Crippen molar-refractivity contribution >= 4 is 11.7 Å². The molecule has 0 saturated carbocycles. The van der Waals surface area contributed by atoms with E-state index in [4.69, 9.17) is 4.42 Å². The number of piperidine rings is 1. The molecule has 31 heavy (non-hydrogen) atoms. The molecule has 1 saturated heterocycles. The van der Waals surface area contributed by atoms with E-state index in [1.807, 2.05) is 26.0 Å². The summed E-state index contributed by atoms with van der Waals surface area (Å²) >= 11 is 0. The molecule has 0 unspecified atom stereocenters. The summed E-state index contributed by atoms with van der Waals surface area (Å²) < 4.78 is 5.85. The molecule has 2 aromatic rings. The van der Waals surface area contributed by atoms with Gasteiger partial charge in [0.15, 0.2) is 11.5 Å². The molecule has 6 heteroatoms. The minimum Gasteiger partial charge on any atom is -0.455 e. The number of hydrogen-bond acceptors (Lipinski definition) is 5. The van der Waals surface area contributed by atoms with Crippen molar-refractivity contribution in [1.29, 1.82) is 0 Å². The third-order valence-electron chi connectivity index (χ3n) is 6.42. The fourth-order valence-corrected chi connectivity index (χ4v) is 4.66. The van der Waals surface area contributed by atoms with Crippen LogP contribution in [0.4, 0.5) is 0 Å². The zero-order valence-corrected chi connectivity index (χ0v) is 18.7. The van der Waals surface area contributed by atoms with Crippen molar-refractivity contribution < 1.29 is 19.1 Å². The molecular formula is C25H32N2O4. The van der Waals surface area contributed by atoms with E-state index < -0.39 is 0 Å². The number of carbonyl (C=O) groups excluding carboxylic acids is 2. The smallest absolute Gasteiger partial charge is 0.287 e. The molecule has 166 valence electrons. The van der Waals surface area contributed by atoms with Crippen LogP contribution in [0.25, 0.3) is 0 Å². The van der Waals surface area contributed by atoms with Gasteiger partial charge in [-0.15, -0.1) is 0 Å². The first kappa shape index (κ1) is 21.8. The quantitative estimate of drug-likeness (QED) is 0.766. The molecule has 1 aliphatic heterocycles. The van der Waals surface area contributed by atoms with Crippen LogP contribution in [0.3, 0.4) is 0 Å². The topological polar surface area (TPSA) is 82.8 Å². The second kappa shape index (κ2) is 8.60. The average Bonchev–Trinajstić information content (AvgIpc) is 3.04. The molecule has 2 aliphatic rings. The van der Waals surface area contributed by atoms with E-state index >= 15 is 0 Å². The highest BCUT2D eigenvalue weighted by Gasteiger charge is 2.37. The number of aliphatic hydroxyl groups is 1. The molecule has 1 fully saturated rings. The van der Waals surface area contributed by atoms with Crippen LogP contribution in [0, 0.1) is 12.3 Å². The van der Waals surface area contributed by atoms with Crippen molar-refractivity contribution in [3.05, 3.63) is 58.0 Å². The van der Waals surface area contributed by atoms with E-state index in [-0.39, 0.29) is 29.0 Å². The number of amides is 1. The van der Waals surface area contributed by atoms with E-state index in [1.165, 1.54) is 5.56 Å². The number of rotatable bonds is 5.